The van der Waals surface area contributed by atoms with Crippen LogP contribution in [0.25, 0.3) is 10.8 Å². The van der Waals surface area contributed by atoms with Crippen molar-refractivity contribution in [1.82, 2.24) is 0 Å². The predicted molar refractivity (Wildman–Crippen MR) is 91.4 cm³/mol. The molecule has 0 bridgehead atoms. The van der Waals surface area contributed by atoms with Crippen molar-refractivity contribution < 1.29 is 9.84 Å². The molecule has 116 valence electrons. The third-order valence-electron chi connectivity index (χ3n) is 4.31. The number of ether oxygens (including phenoxy) is 1. The Balaban J connectivity index is 1.95. The molecule has 0 aliphatic carbocycles. The highest BCUT2D eigenvalue weighted by molar-refractivity contribution is 5.83. The number of phenolic OH excluding ortho intramolecular Hbond substituents is 1. The highest BCUT2D eigenvalue weighted by atomic mass is 16.5. The van der Waals surface area contributed by atoms with Crippen molar-refractivity contribution in [3.63, 3.8) is 0 Å². The second-order valence-electron chi connectivity index (χ2n) is 5.75. The number of phenols is 1. The molecule has 4 rings (SSSR count). The van der Waals surface area contributed by atoms with Crippen molar-refractivity contribution in [2.75, 3.05) is 0 Å². The van der Waals surface area contributed by atoms with Gasteiger partial charge in [-0.3, -0.25) is 0 Å². The normalized spacial score (nSPS) is 16.4. The predicted octanol–water partition coefficient (Wildman–Crippen LogP) is 3.76. The van der Waals surface area contributed by atoms with Crippen LogP contribution in [-0.4, -0.2) is 5.11 Å². The summed E-state index contributed by atoms with van der Waals surface area (Å²) in [7, 11) is 0. The summed E-state index contributed by atoms with van der Waals surface area (Å²) in [4.78, 5) is 0. The first-order valence-electron chi connectivity index (χ1n) is 7.56. The van der Waals surface area contributed by atoms with Gasteiger partial charge in [0.25, 0.3) is 0 Å². The highest BCUT2D eigenvalue weighted by Gasteiger charge is 2.30. The summed E-state index contributed by atoms with van der Waals surface area (Å²) >= 11 is 0. The van der Waals surface area contributed by atoms with Crippen LogP contribution in [0.1, 0.15) is 17.0 Å². The molecule has 1 aliphatic heterocycles. The average molecular weight is 314 g/mol. The van der Waals surface area contributed by atoms with E-state index in [0.29, 0.717) is 11.3 Å². The fourth-order valence-corrected chi connectivity index (χ4v) is 3.17. The summed E-state index contributed by atoms with van der Waals surface area (Å²) < 4.78 is 5.53. The third kappa shape index (κ3) is 2.15. The molecule has 0 radical (unpaired) electrons. The lowest BCUT2D eigenvalue weighted by Crippen LogP contribution is -2.20. The van der Waals surface area contributed by atoms with Crippen LogP contribution < -0.4 is 10.5 Å². The largest absolute Gasteiger partial charge is 0.508 e. The van der Waals surface area contributed by atoms with E-state index in [1.807, 2.05) is 36.4 Å². The van der Waals surface area contributed by atoms with Gasteiger partial charge in [0.2, 0.25) is 5.88 Å². The van der Waals surface area contributed by atoms with Gasteiger partial charge >= 0.3 is 0 Å². The third-order valence-corrected chi connectivity index (χ3v) is 4.31. The first-order chi connectivity index (χ1) is 11.7. The number of nitrogens with zero attached hydrogens (tertiary/aromatic N) is 1. The first kappa shape index (κ1) is 14.2. The Kier molecular flexibility index (Phi) is 3.14. The molecule has 1 heterocycles. The maximum absolute atomic E-state index is 9.69. The van der Waals surface area contributed by atoms with Gasteiger partial charge in [-0.1, -0.05) is 48.5 Å². The monoisotopic (exact) mass is 314 g/mol. The molecule has 3 N–H and O–H groups in total. The fraction of sp³-hybridized carbons (Fsp3) is 0.0500. The van der Waals surface area contributed by atoms with Crippen LogP contribution in [0.2, 0.25) is 0 Å². The molecule has 0 amide bonds. The second kappa shape index (κ2) is 5.32. The van der Waals surface area contributed by atoms with Gasteiger partial charge in [0.05, 0.1) is 5.92 Å². The highest BCUT2D eigenvalue weighted by Crippen LogP contribution is 2.43. The number of benzene rings is 3. The first-order valence-corrected chi connectivity index (χ1v) is 7.56. The van der Waals surface area contributed by atoms with E-state index in [4.69, 9.17) is 10.5 Å². The molecule has 3 aromatic rings. The number of nitriles is 1. The van der Waals surface area contributed by atoms with Crippen LogP contribution in [0, 0.1) is 11.3 Å². The van der Waals surface area contributed by atoms with Gasteiger partial charge in [-0.15, -0.1) is 0 Å². The van der Waals surface area contributed by atoms with Gasteiger partial charge < -0.3 is 15.6 Å². The second-order valence-corrected chi connectivity index (χ2v) is 5.75. The topological polar surface area (TPSA) is 79.3 Å². The number of rotatable bonds is 1. The Morgan fingerprint density at radius 2 is 1.79 bits per heavy atom. The fourth-order valence-electron chi connectivity index (χ4n) is 3.17. The zero-order valence-electron chi connectivity index (χ0n) is 12.7. The smallest absolute Gasteiger partial charge is 0.205 e. The van der Waals surface area contributed by atoms with E-state index in [-0.39, 0.29) is 17.6 Å². The number of nitrogens with two attached hydrogens (primary N) is 1. The Morgan fingerprint density at radius 3 is 2.58 bits per heavy atom. The minimum atomic E-state index is -0.316. The molecule has 1 atom stereocenters. The van der Waals surface area contributed by atoms with Crippen molar-refractivity contribution in [3.05, 3.63) is 83.2 Å². The van der Waals surface area contributed by atoms with Gasteiger partial charge in [0.15, 0.2) is 0 Å². The molecule has 0 fully saturated rings. The maximum Gasteiger partial charge on any atom is 0.205 e. The Hall–Kier alpha value is -3.45. The molecule has 0 aromatic heterocycles. The molecule has 24 heavy (non-hydrogen) atoms. The molecular weight excluding hydrogens is 300 g/mol. The van der Waals surface area contributed by atoms with Gasteiger partial charge in [-0.2, -0.15) is 5.26 Å². The molecular formula is C20H14N2O2. The average Bonchev–Trinajstić information content (AvgIpc) is 2.60. The lowest BCUT2D eigenvalue weighted by atomic mass is 9.83. The van der Waals surface area contributed by atoms with E-state index in [9.17, 15) is 10.4 Å². The van der Waals surface area contributed by atoms with E-state index in [1.165, 1.54) is 6.07 Å². The van der Waals surface area contributed by atoms with E-state index < -0.39 is 0 Å². The summed E-state index contributed by atoms with van der Waals surface area (Å²) in [6.45, 7) is 0. The van der Waals surface area contributed by atoms with E-state index in [1.54, 1.807) is 12.1 Å². The van der Waals surface area contributed by atoms with Crippen molar-refractivity contribution in [1.29, 1.82) is 5.26 Å². The zero-order valence-corrected chi connectivity index (χ0v) is 12.7. The van der Waals surface area contributed by atoms with Crippen LogP contribution in [0.4, 0.5) is 0 Å². The van der Waals surface area contributed by atoms with Crippen LogP contribution in [0.15, 0.2) is 72.1 Å². The molecule has 3 aromatic carbocycles. The number of aromatic hydroxyl groups is 1. The number of fused-ring (bicyclic) bond motifs is 2. The van der Waals surface area contributed by atoms with Crippen molar-refractivity contribution in [2.45, 2.75) is 5.92 Å². The molecule has 0 saturated heterocycles. The minimum absolute atomic E-state index is 0.0776. The Morgan fingerprint density at radius 1 is 1.00 bits per heavy atom. The van der Waals surface area contributed by atoms with Crippen LogP contribution in [0.3, 0.4) is 0 Å². The van der Waals surface area contributed by atoms with E-state index in [0.717, 1.165) is 21.9 Å². The SMILES string of the molecule is N#CC1=C(N)Oc2cc(O)ccc2[C@H]1c1ccc2ccccc2c1. The van der Waals surface area contributed by atoms with Crippen LogP contribution >= 0.6 is 0 Å². The van der Waals surface area contributed by atoms with Gasteiger partial charge in [0.1, 0.15) is 23.1 Å². The van der Waals surface area contributed by atoms with E-state index in [2.05, 4.69) is 12.1 Å². The molecule has 4 heteroatoms. The Bertz CT molecular complexity index is 1030. The quantitative estimate of drug-likeness (QED) is 0.716. The lowest BCUT2D eigenvalue weighted by Gasteiger charge is -2.26. The van der Waals surface area contributed by atoms with Crippen LogP contribution in [0.5, 0.6) is 11.5 Å². The number of allylic oxidation sites excluding steroid dienone is 1. The summed E-state index contributed by atoms with van der Waals surface area (Å²) in [6, 6.07) is 21.2. The van der Waals surface area contributed by atoms with Gasteiger partial charge in [-0.25, -0.2) is 0 Å². The summed E-state index contributed by atoms with van der Waals surface area (Å²) in [5.41, 5.74) is 8.10. The number of hydrogen-bond acceptors (Lipinski definition) is 4. The lowest BCUT2D eigenvalue weighted by molar-refractivity contribution is 0.388. The standard InChI is InChI=1S/C20H14N2O2/c21-11-17-19(14-6-5-12-3-1-2-4-13(12)9-14)16-8-7-15(23)10-18(16)24-20(17)22/h1-10,19,23H,22H2/t19-/m1/s1. The molecule has 0 unspecified atom stereocenters. The molecule has 0 spiro atoms. The zero-order chi connectivity index (χ0) is 16.7. The van der Waals surface area contributed by atoms with Crippen molar-refractivity contribution >= 4 is 10.8 Å². The minimum Gasteiger partial charge on any atom is -0.508 e. The van der Waals surface area contributed by atoms with Crippen LogP contribution in [-0.2, 0) is 0 Å². The number of hydrogen-bond donors (Lipinski definition) is 2. The molecule has 0 saturated carbocycles. The maximum atomic E-state index is 9.69. The Labute approximate surface area is 139 Å². The molecule has 4 nitrogen and oxygen atoms in total. The van der Waals surface area contributed by atoms with Gasteiger partial charge in [0, 0.05) is 11.6 Å². The molecule has 1 aliphatic rings. The summed E-state index contributed by atoms with van der Waals surface area (Å²) in [6.07, 6.45) is 0. The van der Waals surface area contributed by atoms with E-state index >= 15 is 0 Å². The van der Waals surface area contributed by atoms with Crippen molar-refractivity contribution in [2.24, 2.45) is 5.73 Å². The summed E-state index contributed by atoms with van der Waals surface area (Å²) in [5, 5.41) is 21.5. The van der Waals surface area contributed by atoms with Gasteiger partial charge in [-0.05, 0) is 22.4 Å². The summed E-state index contributed by atoms with van der Waals surface area (Å²) in [5.74, 6) is 0.335. The van der Waals surface area contributed by atoms with Crippen molar-refractivity contribution in [3.8, 4) is 17.6 Å².